The van der Waals surface area contributed by atoms with Gasteiger partial charge in [-0.2, -0.15) is 5.10 Å². The minimum Gasteiger partial charge on any atom is -0.481 e. The number of carbonyl (C=O) groups is 2. The summed E-state index contributed by atoms with van der Waals surface area (Å²) in [5, 5.41) is 16.4. The fourth-order valence-corrected chi connectivity index (χ4v) is 3.15. The van der Waals surface area contributed by atoms with Crippen LogP contribution in [0.3, 0.4) is 0 Å². The van der Waals surface area contributed by atoms with E-state index in [-0.39, 0.29) is 5.91 Å². The summed E-state index contributed by atoms with van der Waals surface area (Å²) in [6.45, 7) is 1.85. The molecule has 1 heterocycles. The zero-order chi connectivity index (χ0) is 15.5. The van der Waals surface area contributed by atoms with Crippen LogP contribution >= 0.6 is 0 Å². The molecule has 1 saturated carbocycles. The molecule has 0 radical (unpaired) electrons. The lowest BCUT2D eigenvalue weighted by Gasteiger charge is -2.39. The average molecular weight is 293 g/mol. The van der Waals surface area contributed by atoms with Crippen molar-refractivity contribution in [1.82, 2.24) is 15.1 Å². The number of hydrogen-bond acceptors (Lipinski definition) is 3. The number of rotatable bonds is 5. The highest BCUT2D eigenvalue weighted by molar-refractivity contribution is 5.79. The van der Waals surface area contributed by atoms with Gasteiger partial charge in [0.1, 0.15) is 0 Å². The molecule has 0 aliphatic heterocycles. The van der Waals surface area contributed by atoms with Crippen molar-refractivity contribution >= 4 is 11.9 Å². The minimum atomic E-state index is -0.816. The van der Waals surface area contributed by atoms with Crippen LogP contribution in [0.25, 0.3) is 0 Å². The summed E-state index contributed by atoms with van der Waals surface area (Å²) >= 11 is 0. The van der Waals surface area contributed by atoms with Gasteiger partial charge in [-0.15, -0.1) is 0 Å². The molecule has 2 atom stereocenters. The van der Waals surface area contributed by atoms with E-state index in [0.717, 1.165) is 25.0 Å². The van der Waals surface area contributed by atoms with E-state index in [1.165, 1.54) is 0 Å². The van der Waals surface area contributed by atoms with Crippen molar-refractivity contribution in [2.45, 2.75) is 51.0 Å². The van der Waals surface area contributed by atoms with Gasteiger partial charge in [-0.25, -0.2) is 0 Å². The van der Waals surface area contributed by atoms with E-state index in [1.807, 2.05) is 20.0 Å². The second-order valence-electron chi connectivity index (χ2n) is 6.05. The first-order chi connectivity index (χ1) is 9.92. The van der Waals surface area contributed by atoms with Crippen molar-refractivity contribution in [1.29, 1.82) is 0 Å². The molecule has 1 aromatic heterocycles. The highest BCUT2D eigenvalue weighted by atomic mass is 16.4. The van der Waals surface area contributed by atoms with E-state index >= 15 is 0 Å². The van der Waals surface area contributed by atoms with E-state index in [2.05, 4.69) is 10.4 Å². The van der Waals surface area contributed by atoms with Crippen LogP contribution in [0.2, 0.25) is 0 Å². The van der Waals surface area contributed by atoms with Crippen molar-refractivity contribution in [3.63, 3.8) is 0 Å². The van der Waals surface area contributed by atoms with Crippen LogP contribution in [0.15, 0.2) is 12.3 Å². The summed E-state index contributed by atoms with van der Waals surface area (Å²) in [5.41, 5.74) is 0.363. The average Bonchev–Trinajstić information content (AvgIpc) is 2.81. The maximum Gasteiger partial charge on any atom is 0.308 e. The van der Waals surface area contributed by atoms with E-state index < -0.39 is 17.4 Å². The van der Waals surface area contributed by atoms with Crippen molar-refractivity contribution in [2.24, 2.45) is 13.0 Å². The summed E-state index contributed by atoms with van der Waals surface area (Å²) in [7, 11) is 1.84. The monoisotopic (exact) mass is 293 g/mol. The van der Waals surface area contributed by atoms with Crippen LogP contribution in [0.1, 0.15) is 44.7 Å². The van der Waals surface area contributed by atoms with Gasteiger partial charge in [0.2, 0.25) is 5.91 Å². The molecule has 1 aliphatic carbocycles. The molecule has 116 valence electrons. The van der Waals surface area contributed by atoms with E-state index in [4.69, 9.17) is 0 Å². The highest BCUT2D eigenvalue weighted by Gasteiger charge is 2.41. The van der Waals surface area contributed by atoms with Crippen LogP contribution in [0.5, 0.6) is 0 Å². The summed E-state index contributed by atoms with van der Waals surface area (Å²) < 4.78 is 1.75. The Labute approximate surface area is 124 Å². The lowest BCUT2D eigenvalue weighted by molar-refractivity contribution is -0.146. The number of aryl methyl sites for hydroxylation is 2. The van der Waals surface area contributed by atoms with Gasteiger partial charge in [-0.3, -0.25) is 14.3 Å². The van der Waals surface area contributed by atoms with Crippen molar-refractivity contribution < 1.29 is 14.7 Å². The maximum atomic E-state index is 12.2. The Morgan fingerprint density at radius 1 is 1.52 bits per heavy atom. The van der Waals surface area contributed by atoms with Gasteiger partial charge in [0.05, 0.1) is 11.5 Å². The third-order valence-electron chi connectivity index (χ3n) is 4.46. The fourth-order valence-electron chi connectivity index (χ4n) is 3.15. The quantitative estimate of drug-likeness (QED) is 0.861. The zero-order valence-corrected chi connectivity index (χ0v) is 12.6. The molecule has 1 aliphatic rings. The van der Waals surface area contributed by atoms with Crippen LogP contribution in [-0.2, 0) is 23.1 Å². The number of carbonyl (C=O) groups excluding carboxylic acids is 1. The fraction of sp³-hybridized carbons (Fsp3) is 0.667. The molecule has 0 aromatic carbocycles. The largest absolute Gasteiger partial charge is 0.481 e. The Hall–Kier alpha value is -1.85. The van der Waals surface area contributed by atoms with Gasteiger partial charge in [-0.05, 0) is 32.3 Å². The number of carboxylic acid groups (broad SMARTS) is 1. The number of amides is 1. The first-order valence-corrected chi connectivity index (χ1v) is 7.43. The molecule has 0 saturated heterocycles. The lowest BCUT2D eigenvalue weighted by atomic mass is 9.74. The molecule has 0 bridgehead atoms. The second-order valence-corrected chi connectivity index (χ2v) is 6.05. The highest BCUT2D eigenvalue weighted by Crippen LogP contribution is 2.33. The summed E-state index contributed by atoms with van der Waals surface area (Å²) in [6.07, 6.45) is 5.89. The molecule has 6 heteroatoms. The van der Waals surface area contributed by atoms with Crippen LogP contribution in [0, 0.1) is 5.92 Å². The van der Waals surface area contributed by atoms with Crippen molar-refractivity contribution in [3.05, 3.63) is 18.0 Å². The van der Waals surface area contributed by atoms with Gasteiger partial charge >= 0.3 is 5.97 Å². The van der Waals surface area contributed by atoms with Gasteiger partial charge in [0.15, 0.2) is 0 Å². The number of nitrogens with one attached hydrogen (secondary N) is 1. The topological polar surface area (TPSA) is 84.2 Å². The number of carboxylic acids is 1. The Balaban J connectivity index is 1.94. The zero-order valence-electron chi connectivity index (χ0n) is 12.6. The number of aliphatic carboxylic acids is 1. The Bertz CT molecular complexity index is 526. The molecule has 2 N–H and O–H groups in total. The molecule has 2 unspecified atom stereocenters. The number of nitrogens with zero attached hydrogens (tertiary/aromatic N) is 2. The molecule has 1 fully saturated rings. The summed E-state index contributed by atoms with van der Waals surface area (Å²) in [5.74, 6) is -1.40. The van der Waals surface area contributed by atoms with Gasteiger partial charge < -0.3 is 10.4 Å². The number of hydrogen-bond donors (Lipinski definition) is 2. The molecule has 21 heavy (non-hydrogen) atoms. The van der Waals surface area contributed by atoms with Gasteiger partial charge in [0, 0.05) is 25.4 Å². The number of aromatic nitrogens is 2. The SMILES string of the molecule is Cn1nccc1CCC(=O)NC1(C)CCCCC1C(=O)O. The van der Waals surface area contributed by atoms with Crippen LogP contribution < -0.4 is 5.32 Å². The normalized spacial score (nSPS) is 25.5. The molecule has 1 aromatic rings. The third-order valence-corrected chi connectivity index (χ3v) is 4.46. The Morgan fingerprint density at radius 2 is 2.29 bits per heavy atom. The Morgan fingerprint density at radius 3 is 2.90 bits per heavy atom. The maximum absolute atomic E-state index is 12.2. The first-order valence-electron chi connectivity index (χ1n) is 7.43. The van der Waals surface area contributed by atoms with Gasteiger partial charge in [0.25, 0.3) is 0 Å². The second kappa shape index (κ2) is 6.28. The first kappa shape index (κ1) is 15.5. The summed E-state index contributed by atoms with van der Waals surface area (Å²) in [6, 6.07) is 1.88. The van der Waals surface area contributed by atoms with E-state index in [9.17, 15) is 14.7 Å². The summed E-state index contributed by atoms with van der Waals surface area (Å²) in [4.78, 5) is 23.5. The van der Waals surface area contributed by atoms with Crippen LogP contribution in [0.4, 0.5) is 0 Å². The predicted octanol–water partition coefficient (Wildman–Crippen LogP) is 1.50. The Kier molecular flexibility index (Phi) is 4.65. The third kappa shape index (κ3) is 3.62. The van der Waals surface area contributed by atoms with Crippen molar-refractivity contribution in [2.75, 3.05) is 0 Å². The predicted molar refractivity (Wildman–Crippen MR) is 77.7 cm³/mol. The molecule has 6 nitrogen and oxygen atoms in total. The molecule has 0 spiro atoms. The molecule has 2 rings (SSSR count). The molecular formula is C15H23N3O3. The van der Waals surface area contributed by atoms with Crippen molar-refractivity contribution in [3.8, 4) is 0 Å². The van der Waals surface area contributed by atoms with E-state index in [0.29, 0.717) is 19.3 Å². The molecule has 1 amide bonds. The van der Waals surface area contributed by atoms with Gasteiger partial charge in [-0.1, -0.05) is 12.8 Å². The molecular weight excluding hydrogens is 270 g/mol. The minimum absolute atomic E-state index is 0.0909. The lowest BCUT2D eigenvalue weighted by Crippen LogP contribution is -2.55. The standard InChI is InChI=1S/C15H23N3O3/c1-15(9-4-3-5-12(15)14(20)21)17-13(19)7-6-11-8-10-16-18(11)2/h8,10,12H,3-7,9H2,1-2H3,(H,17,19)(H,20,21). The van der Waals surface area contributed by atoms with E-state index in [1.54, 1.807) is 10.9 Å². The van der Waals surface area contributed by atoms with Crippen LogP contribution in [-0.4, -0.2) is 32.3 Å². The smallest absolute Gasteiger partial charge is 0.308 e.